The largest absolute Gasteiger partial charge is 0.459 e. The van der Waals surface area contributed by atoms with E-state index in [2.05, 4.69) is 0 Å². The topological polar surface area (TPSA) is 55.8 Å². The fourth-order valence-electron chi connectivity index (χ4n) is 2.46. The first-order chi connectivity index (χ1) is 11.1. The molecular weight excluding hydrogens is 326 g/mol. The fraction of sp³-hybridized carbons (Fsp3) is 0.556. The Hall–Kier alpha value is -1.69. The maximum Gasteiger partial charge on any atom is 0.411 e. The van der Waals surface area contributed by atoms with Gasteiger partial charge in [0.05, 0.1) is 5.88 Å². The van der Waals surface area contributed by atoms with Crippen LogP contribution in [0.15, 0.2) is 30.3 Å². The summed E-state index contributed by atoms with van der Waals surface area (Å²) in [5.74, 6) is 0.00669. The summed E-state index contributed by atoms with van der Waals surface area (Å²) in [6, 6.07) is 8.82. The SMILES string of the molecule is CC(C)(C)OC(=O)N1CSC(C)(C)[C@H]1C(=O)OCc1ccccc1. The van der Waals surface area contributed by atoms with Gasteiger partial charge >= 0.3 is 12.1 Å². The zero-order chi connectivity index (χ0) is 18.0. The van der Waals surface area contributed by atoms with Crippen molar-refractivity contribution in [3.63, 3.8) is 0 Å². The van der Waals surface area contributed by atoms with Gasteiger partial charge in [0.1, 0.15) is 18.2 Å². The molecule has 0 spiro atoms. The first kappa shape index (κ1) is 18.6. The highest BCUT2D eigenvalue weighted by molar-refractivity contribution is 8.00. The number of amides is 1. The summed E-state index contributed by atoms with van der Waals surface area (Å²) in [4.78, 5) is 26.5. The molecule has 6 heteroatoms. The highest BCUT2D eigenvalue weighted by Gasteiger charge is 2.50. The molecule has 0 unspecified atom stereocenters. The van der Waals surface area contributed by atoms with Crippen molar-refractivity contribution >= 4 is 23.8 Å². The Labute approximate surface area is 147 Å². The quantitative estimate of drug-likeness (QED) is 0.775. The van der Waals surface area contributed by atoms with E-state index in [0.29, 0.717) is 5.88 Å². The molecule has 0 aliphatic carbocycles. The Morgan fingerprint density at radius 3 is 2.46 bits per heavy atom. The zero-order valence-electron chi connectivity index (χ0n) is 14.9. The maximum atomic E-state index is 12.6. The Kier molecular flexibility index (Phi) is 5.48. The van der Waals surface area contributed by atoms with Crippen molar-refractivity contribution in [3.05, 3.63) is 35.9 Å². The Bertz CT molecular complexity index is 595. The first-order valence-electron chi connectivity index (χ1n) is 7.94. The number of esters is 1. The van der Waals surface area contributed by atoms with Gasteiger partial charge in [-0.05, 0) is 40.2 Å². The van der Waals surface area contributed by atoms with Crippen LogP contribution in [-0.4, -0.2) is 39.2 Å². The molecule has 1 aliphatic heterocycles. The van der Waals surface area contributed by atoms with Crippen LogP contribution >= 0.6 is 11.8 Å². The van der Waals surface area contributed by atoms with Gasteiger partial charge in [0, 0.05) is 4.75 Å². The van der Waals surface area contributed by atoms with Gasteiger partial charge in [-0.3, -0.25) is 4.90 Å². The second-order valence-corrected chi connectivity index (χ2v) is 8.92. The van der Waals surface area contributed by atoms with E-state index in [4.69, 9.17) is 9.47 Å². The molecule has 1 heterocycles. The fourth-order valence-corrected chi connectivity index (χ4v) is 3.57. The van der Waals surface area contributed by atoms with Gasteiger partial charge in [-0.25, -0.2) is 9.59 Å². The van der Waals surface area contributed by atoms with Crippen LogP contribution in [0.1, 0.15) is 40.2 Å². The minimum absolute atomic E-state index is 0.194. The molecule has 2 rings (SSSR count). The Balaban J connectivity index is 2.08. The number of carbonyl (C=O) groups excluding carboxylic acids is 2. The molecular formula is C18H25NO4S. The summed E-state index contributed by atoms with van der Waals surface area (Å²) in [5.41, 5.74) is 0.311. The number of ether oxygens (including phenoxy) is 2. The van der Waals surface area contributed by atoms with E-state index >= 15 is 0 Å². The van der Waals surface area contributed by atoms with E-state index in [1.165, 1.54) is 4.90 Å². The molecule has 0 bridgehead atoms. The van der Waals surface area contributed by atoms with Crippen LogP contribution in [0.3, 0.4) is 0 Å². The van der Waals surface area contributed by atoms with Crippen molar-refractivity contribution in [1.82, 2.24) is 4.90 Å². The summed E-state index contributed by atoms with van der Waals surface area (Å²) in [7, 11) is 0. The van der Waals surface area contributed by atoms with Crippen LogP contribution in [0.5, 0.6) is 0 Å². The Morgan fingerprint density at radius 2 is 1.88 bits per heavy atom. The summed E-state index contributed by atoms with van der Waals surface area (Å²) < 4.78 is 10.5. The molecule has 1 aromatic carbocycles. The standard InChI is InChI=1S/C18H25NO4S/c1-17(2,3)23-16(21)19-12-24-18(4,5)14(19)15(20)22-11-13-9-7-6-8-10-13/h6-10,14H,11-12H2,1-5H3/t14-/m1/s1. The van der Waals surface area contributed by atoms with Crippen LogP contribution in [-0.2, 0) is 20.9 Å². The second kappa shape index (κ2) is 7.05. The highest BCUT2D eigenvalue weighted by atomic mass is 32.2. The van der Waals surface area contributed by atoms with Gasteiger partial charge in [-0.2, -0.15) is 0 Å². The maximum absolute atomic E-state index is 12.6. The van der Waals surface area contributed by atoms with Crippen molar-refractivity contribution < 1.29 is 19.1 Å². The molecule has 132 valence electrons. The number of nitrogens with zero attached hydrogens (tertiary/aromatic N) is 1. The van der Waals surface area contributed by atoms with Crippen molar-refractivity contribution in [3.8, 4) is 0 Å². The average Bonchev–Trinajstić information content (AvgIpc) is 2.80. The molecule has 0 saturated carbocycles. The van der Waals surface area contributed by atoms with Gasteiger partial charge in [-0.1, -0.05) is 30.3 Å². The van der Waals surface area contributed by atoms with E-state index in [-0.39, 0.29) is 6.61 Å². The van der Waals surface area contributed by atoms with Crippen molar-refractivity contribution in [2.75, 3.05) is 5.88 Å². The third kappa shape index (κ3) is 4.66. The van der Waals surface area contributed by atoms with E-state index in [9.17, 15) is 9.59 Å². The van der Waals surface area contributed by atoms with Gasteiger partial charge in [0.2, 0.25) is 0 Å². The molecule has 24 heavy (non-hydrogen) atoms. The second-order valence-electron chi connectivity index (χ2n) is 7.32. The molecule has 1 fully saturated rings. The summed E-state index contributed by atoms with van der Waals surface area (Å²) in [6.07, 6.45) is -0.484. The monoisotopic (exact) mass is 351 g/mol. The van der Waals surface area contributed by atoms with Crippen LogP contribution in [0.25, 0.3) is 0 Å². The lowest BCUT2D eigenvalue weighted by Crippen LogP contribution is -2.50. The lowest BCUT2D eigenvalue weighted by Gasteiger charge is -2.31. The number of thioether (sulfide) groups is 1. The Morgan fingerprint density at radius 1 is 1.25 bits per heavy atom. The minimum atomic E-state index is -0.666. The van der Waals surface area contributed by atoms with Crippen LogP contribution < -0.4 is 0 Å². The van der Waals surface area contributed by atoms with Gasteiger partial charge in [0.25, 0.3) is 0 Å². The normalized spacial score (nSPS) is 19.9. The summed E-state index contributed by atoms with van der Waals surface area (Å²) >= 11 is 1.54. The van der Waals surface area contributed by atoms with Crippen molar-refractivity contribution in [2.45, 2.75) is 57.6 Å². The van der Waals surface area contributed by atoms with Gasteiger partial charge in [-0.15, -0.1) is 11.8 Å². The number of rotatable bonds is 3. The first-order valence-corrected chi connectivity index (χ1v) is 8.93. The zero-order valence-corrected chi connectivity index (χ0v) is 15.7. The van der Waals surface area contributed by atoms with E-state index in [1.807, 2.05) is 65.0 Å². The molecule has 1 atom stereocenters. The van der Waals surface area contributed by atoms with Crippen LogP contribution in [0, 0.1) is 0 Å². The van der Waals surface area contributed by atoms with Crippen molar-refractivity contribution in [2.24, 2.45) is 0 Å². The summed E-state index contributed by atoms with van der Waals surface area (Å²) in [5, 5.41) is 0. The van der Waals surface area contributed by atoms with Crippen LogP contribution in [0.2, 0.25) is 0 Å². The lowest BCUT2D eigenvalue weighted by atomic mass is 10.0. The third-order valence-electron chi connectivity index (χ3n) is 3.62. The highest BCUT2D eigenvalue weighted by Crippen LogP contribution is 2.40. The number of hydrogen-bond acceptors (Lipinski definition) is 5. The van der Waals surface area contributed by atoms with E-state index < -0.39 is 28.5 Å². The van der Waals surface area contributed by atoms with Gasteiger partial charge < -0.3 is 9.47 Å². The molecule has 5 nitrogen and oxygen atoms in total. The van der Waals surface area contributed by atoms with Crippen molar-refractivity contribution in [1.29, 1.82) is 0 Å². The minimum Gasteiger partial charge on any atom is -0.459 e. The lowest BCUT2D eigenvalue weighted by molar-refractivity contribution is -0.151. The third-order valence-corrected chi connectivity index (χ3v) is 5.00. The predicted molar refractivity (Wildman–Crippen MR) is 94.6 cm³/mol. The number of benzene rings is 1. The average molecular weight is 351 g/mol. The van der Waals surface area contributed by atoms with Crippen LogP contribution in [0.4, 0.5) is 4.79 Å². The predicted octanol–water partition coefficient (Wildman–Crippen LogP) is 3.82. The smallest absolute Gasteiger partial charge is 0.411 e. The molecule has 0 aromatic heterocycles. The summed E-state index contributed by atoms with van der Waals surface area (Å²) in [6.45, 7) is 9.50. The number of hydrogen-bond donors (Lipinski definition) is 0. The molecule has 1 aromatic rings. The number of carbonyl (C=O) groups is 2. The molecule has 0 radical (unpaired) electrons. The molecule has 1 amide bonds. The molecule has 0 N–H and O–H groups in total. The molecule has 1 aliphatic rings. The molecule has 1 saturated heterocycles. The van der Waals surface area contributed by atoms with E-state index in [0.717, 1.165) is 5.56 Å². The van der Waals surface area contributed by atoms with E-state index in [1.54, 1.807) is 11.8 Å². The van der Waals surface area contributed by atoms with Gasteiger partial charge in [0.15, 0.2) is 0 Å².